The summed E-state index contributed by atoms with van der Waals surface area (Å²) < 4.78 is 0. The Morgan fingerprint density at radius 3 is 2.22 bits per heavy atom. The maximum Gasteiger partial charge on any atom is 0.0320 e. The van der Waals surface area contributed by atoms with Crippen LogP contribution in [-0.2, 0) is 6.42 Å². The summed E-state index contributed by atoms with van der Waals surface area (Å²) in [7, 11) is 0. The Morgan fingerprint density at radius 2 is 1.67 bits per heavy atom. The third kappa shape index (κ3) is 5.22. The van der Waals surface area contributed by atoms with E-state index in [9.17, 15) is 0 Å². The van der Waals surface area contributed by atoms with Crippen LogP contribution in [0.1, 0.15) is 70.0 Å². The van der Waals surface area contributed by atoms with Crippen LogP contribution in [0.15, 0.2) is 24.3 Å². The van der Waals surface area contributed by atoms with E-state index in [4.69, 9.17) is 0 Å². The molecule has 0 saturated heterocycles. The average Bonchev–Trinajstić information content (AvgIpc) is 2.41. The van der Waals surface area contributed by atoms with Crippen LogP contribution < -0.4 is 5.32 Å². The summed E-state index contributed by atoms with van der Waals surface area (Å²) in [5.74, 6) is 0. The zero-order chi connectivity index (χ0) is 13.2. The zero-order valence-electron chi connectivity index (χ0n) is 12.3. The van der Waals surface area contributed by atoms with E-state index in [0.717, 1.165) is 6.54 Å². The molecule has 0 aliphatic rings. The molecule has 0 fully saturated rings. The standard InChI is InChI=1S/C17H29N/c1-4-7-9-17(18-14-6-3)16-12-10-15(8-5-2)11-13-16/h10-13,17-18H,4-9,14H2,1-3H3. The van der Waals surface area contributed by atoms with E-state index in [0.29, 0.717) is 6.04 Å². The minimum atomic E-state index is 0.542. The van der Waals surface area contributed by atoms with Crippen LogP contribution in [0.4, 0.5) is 0 Å². The third-order valence-electron chi connectivity index (χ3n) is 3.41. The Bertz CT molecular complexity index is 294. The number of hydrogen-bond acceptors (Lipinski definition) is 1. The normalized spacial score (nSPS) is 12.6. The number of benzene rings is 1. The molecule has 1 atom stereocenters. The molecule has 1 unspecified atom stereocenters. The van der Waals surface area contributed by atoms with Gasteiger partial charge in [-0.25, -0.2) is 0 Å². The first kappa shape index (κ1) is 15.2. The van der Waals surface area contributed by atoms with E-state index in [-0.39, 0.29) is 0 Å². The monoisotopic (exact) mass is 247 g/mol. The number of unbranched alkanes of at least 4 members (excludes halogenated alkanes) is 1. The summed E-state index contributed by atoms with van der Waals surface area (Å²) in [4.78, 5) is 0. The summed E-state index contributed by atoms with van der Waals surface area (Å²) in [5.41, 5.74) is 2.92. The molecular formula is C17H29N. The van der Waals surface area contributed by atoms with Crippen LogP contribution >= 0.6 is 0 Å². The Labute approximate surface area is 113 Å². The molecule has 1 N–H and O–H groups in total. The van der Waals surface area contributed by atoms with Gasteiger partial charge in [0.1, 0.15) is 0 Å². The second-order valence-corrected chi connectivity index (χ2v) is 5.14. The lowest BCUT2D eigenvalue weighted by Crippen LogP contribution is -2.22. The fraction of sp³-hybridized carbons (Fsp3) is 0.647. The summed E-state index contributed by atoms with van der Waals surface area (Å²) in [5, 5.41) is 3.67. The average molecular weight is 247 g/mol. The molecule has 0 aromatic heterocycles. The largest absolute Gasteiger partial charge is 0.310 e. The molecule has 0 saturated carbocycles. The molecule has 1 rings (SSSR count). The molecule has 18 heavy (non-hydrogen) atoms. The molecule has 0 aliphatic carbocycles. The summed E-state index contributed by atoms with van der Waals surface area (Å²) in [6, 6.07) is 9.76. The predicted octanol–water partition coefficient (Wildman–Crippen LogP) is 4.87. The minimum Gasteiger partial charge on any atom is -0.310 e. The molecule has 1 nitrogen and oxygen atoms in total. The molecule has 0 bridgehead atoms. The van der Waals surface area contributed by atoms with Crippen molar-refractivity contribution in [1.82, 2.24) is 5.32 Å². The van der Waals surface area contributed by atoms with Crippen LogP contribution in [0.5, 0.6) is 0 Å². The Balaban J connectivity index is 2.64. The van der Waals surface area contributed by atoms with Crippen molar-refractivity contribution in [2.24, 2.45) is 0 Å². The van der Waals surface area contributed by atoms with Gasteiger partial charge in [0, 0.05) is 6.04 Å². The number of nitrogens with one attached hydrogen (secondary N) is 1. The van der Waals surface area contributed by atoms with Crippen molar-refractivity contribution in [3.63, 3.8) is 0 Å². The van der Waals surface area contributed by atoms with Crippen LogP contribution in [-0.4, -0.2) is 6.54 Å². The van der Waals surface area contributed by atoms with Gasteiger partial charge in [-0.2, -0.15) is 0 Å². The second-order valence-electron chi connectivity index (χ2n) is 5.14. The van der Waals surface area contributed by atoms with Gasteiger partial charge in [0.2, 0.25) is 0 Å². The van der Waals surface area contributed by atoms with Gasteiger partial charge < -0.3 is 5.32 Å². The van der Waals surface area contributed by atoms with Crippen molar-refractivity contribution >= 4 is 0 Å². The van der Waals surface area contributed by atoms with Crippen LogP contribution in [0.3, 0.4) is 0 Å². The molecule has 0 radical (unpaired) electrons. The number of rotatable bonds is 9. The van der Waals surface area contributed by atoms with Gasteiger partial charge in [-0.05, 0) is 36.9 Å². The van der Waals surface area contributed by atoms with E-state index >= 15 is 0 Å². The van der Waals surface area contributed by atoms with Gasteiger partial charge in [-0.3, -0.25) is 0 Å². The molecule has 1 aromatic carbocycles. The predicted molar refractivity (Wildman–Crippen MR) is 81.0 cm³/mol. The smallest absolute Gasteiger partial charge is 0.0320 e. The van der Waals surface area contributed by atoms with E-state index in [2.05, 4.69) is 50.4 Å². The summed E-state index contributed by atoms with van der Waals surface area (Å²) >= 11 is 0. The van der Waals surface area contributed by atoms with Gasteiger partial charge in [0.25, 0.3) is 0 Å². The number of hydrogen-bond donors (Lipinski definition) is 1. The van der Waals surface area contributed by atoms with Gasteiger partial charge in [-0.15, -0.1) is 0 Å². The maximum atomic E-state index is 3.67. The molecule has 1 aromatic rings. The topological polar surface area (TPSA) is 12.0 Å². The van der Waals surface area contributed by atoms with Crippen molar-refractivity contribution in [2.75, 3.05) is 6.54 Å². The van der Waals surface area contributed by atoms with E-state index < -0.39 is 0 Å². The van der Waals surface area contributed by atoms with Crippen molar-refractivity contribution in [1.29, 1.82) is 0 Å². The molecular weight excluding hydrogens is 218 g/mol. The van der Waals surface area contributed by atoms with E-state index in [1.807, 2.05) is 0 Å². The first-order valence-electron chi connectivity index (χ1n) is 7.64. The highest BCUT2D eigenvalue weighted by Gasteiger charge is 2.09. The van der Waals surface area contributed by atoms with Gasteiger partial charge >= 0.3 is 0 Å². The molecule has 0 heterocycles. The fourth-order valence-corrected chi connectivity index (χ4v) is 2.32. The SMILES string of the molecule is CCCCC(NCCC)c1ccc(CCC)cc1. The van der Waals surface area contributed by atoms with Crippen molar-refractivity contribution in [3.8, 4) is 0 Å². The highest BCUT2D eigenvalue weighted by atomic mass is 14.9. The van der Waals surface area contributed by atoms with Crippen molar-refractivity contribution in [3.05, 3.63) is 35.4 Å². The molecule has 0 amide bonds. The van der Waals surface area contributed by atoms with Gasteiger partial charge in [0.15, 0.2) is 0 Å². The Kier molecular flexibility index (Phi) is 7.75. The van der Waals surface area contributed by atoms with Crippen LogP contribution in [0.2, 0.25) is 0 Å². The zero-order valence-corrected chi connectivity index (χ0v) is 12.3. The molecule has 0 spiro atoms. The first-order chi connectivity index (χ1) is 8.81. The third-order valence-corrected chi connectivity index (χ3v) is 3.41. The lowest BCUT2D eigenvalue weighted by atomic mass is 9.99. The molecule has 102 valence electrons. The summed E-state index contributed by atoms with van der Waals surface area (Å²) in [6.45, 7) is 7.85. The van der Waals surface area contributed by atoms with E-state index in [1.54, 1.807) is 0 Å². The second kappa shape index (κ2) is 9.16. The first-order valence-corrected chi connectivity index (χ1v) is 7.64. The minimum absolute atomic E-state index is 0.542. The van der Waals surface area contributed by atoms with Crippen LogP contribution in [0, 0.1) is 0 Å². The van der Waals surface area contributed by atoms with Gasteiger partial charge in [-0.1, -0.05) is 64.3 Å². The summed E-state index contributed by atoms with van der Waals surface area (Å²) in [6.07, 6.45) is 7.46. The Morgan fingerprint density at radius 1 is 0.944 bits per heavy atom. The quantitative estimate of drug-likeness (QED) is 0.656. The lowest BCUT2D eigenvalue weighted by Gasteiger charge is -2.19. The Hall–Kier alpha value is -0.820. The van der Waals surface area contributed by atoms with Crippen molar-refractivity contribution < 1.29 is 0 Å². The lowest BCUT2D eigenvalue weighted by molar-refractivity contribution is 0.481. The highest BCUT2D eigenvalue weighted by Crippen LogP contribution is 2.20. The fourth-order valence-electron chi connectivity index (χ4n) is 2.32. The number of aryl methyl sites for hydroxylation is 1. The highest BCUT2D eigenvalue weighted by molar-refractivity contribution is 5.25. The van der Waals surface area contributed by atoms with E-state index in [1.165, 1.54) is 49.7 Å². The molecule has 1 heteroatoms. The van der Waals surface area contributed by atoms with Gasteiger partial charge in [0.05, 0.1) is 0 Å². The van der Waals surface area contributed by atoms with Crippen molar-refractivity contribution in [2.45, 2.75) is 65.3 Å². The maximum absolute atomic E-state index is 3.67. The van der Waals surface area contributed by atoms with Crippen LogP contribution in [0.25, 0.3) is 0 Å². The molecule has 0 aliphatic heterocycles.